The number of hydrogen-bond acceptors (Lipinski definition) is 4. The molecule has 0 aliphatic heterocycles. The van der Waals surface area contributed by atoms with Crippen molar-refractivity contribution < 1.29 is 17.6 Å². The second-order valence-corrected chi connectivity index (χ2v) is 8.23. The first kappa shape index (κ1) is 19.6. The molecule has 1 atom stereocenters. The molecule has 1 amide bonds. The minimum atomic E-state index is -3.67. The molecular formula is C16H25FN2O3S. The Labute approximate surface area is 137 Å². The van der Waals surface area contributed by atoms with Crippen molar-refractivity contribution in [3.8, 4) is 0 Å². The zero-order valence-corrected chi connectivity index (χ0v) is 14.6. The molecule has 23 heavy (non-hydrogen) atoms. The summed E-state index contributed by atoms with van der Waals surface area (Å²) in [5.74, 6) is -0.868. The zero-order valence-electron chi connectivity index (χ0n) is 13.8. The van der Waals surface area contributed by atoms with Gasteiger partial charge >= 0.3 is 0 Å². The van der Waals surface area contributed by atoms with Crippen LogP contribution in [0.5, 0.6) is 0 Å². The Morgan fingerprint density at radius 3 is 2.26 bits per heavy atom. The van der Waals surface area contributed by atoms with Crippen LogP contribution in [-0.4, -0.2) is 31.7 Å². The van der Waals surface area contributed by atoms with Crippen LogP contribution in [0.1, 0.15) is 40.0 Å². The summed E-state index contributed by atoms with van der Waals surface area (Å²) in [5.41, 5.74) is 5.62. The smallest absolute Gasteiger partial charge is 0.221 e. The molecule has 0 aliphatic carbocycles. The summed E-state index contributed by atoms with van der Waals surface area (Å²) >= 11 is 0. The van der Waals surface area contributed by atoms with E-state index < -0.39 is 26.4 Å². The fourth-order valence-corrected chi connectivity index (χ4v) is 3.43. The molecule has 0 aromatic heterocycles. The first-order valence-electron chi connectivity index (χ1n) is 7.69. The average Bonchev–Trinajstić information content (AvgIpc) is 2.53. The van der Waals surface area contributed by atoms with Gasteiger partial charge in [0.25, 0.3) is 0 Å². The number of nitrogens with two attached hydrogens (primary N) is 1. The quantitative estimate of drug-likeness (QED) is 0.706. The highest BCUT2D eigenvalue weighted by atomic mass is 32.2. The molecule has 0 saturated carbocycles. The number of halogens is 1. The van der Waals surface area contributed by atoms with Crippen molar-refractivity contribution in [2.45, 2.75) is 55.7 Å². The third-order valence-electron chi connectivity index (χ3n) is 4.19. The first-order chi connectivity index (χ1) is 10.6. The van der Waals surface area contributed by atoms with E-state index >= 15 is 0 Å². The van der Waals surface area contributed by atoms with E-state index in [-0.39, 0.29) is 17.2 Å². The number of hydrogen-bond donors (Lipinski definition) is 2. The number of rotatable bonds is 8. The van der Waals surface area contributed by atoms with Gasteiger partial charge in [0, 0.05) is 18.5 Å². The highest BCUT2D eigenvalue weighted by Gasteiger charge is 2.27. The van der Waals surface area contributed by atoms with Crippen LogP contribution in [0, 0.1) is 5.82 Å². The number of amides is 1. The number of nitrogens with one attached hydrogen (secondary N) is 1. The number of carbonyl (C=O) groups excluding carboxylic acids is 1. The van der Waals surface area contributed by atoms with Gasteiger partial charge in [-0.15, -0.1) is 0 Å². The lowest BCUT2D eigenvalue weighted by molar-refractivity contribution is -0.121. The second-order valence-electron chi connectivity index (χ2n) is 5.86. The zero-order chi connectivity index (χ0) is 17.7. The van der Waals surface area contributed by atoms with Crippen LogP contribution in [0.3, 0.4) is 0 Å². The Hall–Kier alpha value is -1.47. The fourth-order valence-electron chi connectivity index (χ4n) is 2.07. The maximum Gasteiger partial charge on any atom is 0.221 e. The molecule has 0 aliphatic rings. The Bertz CT molecular complexity index is 625. The predicted molar refractivity (Wildman–Crippen MR) is 88.2 cm³/mol. The summed E-state index contributed by atoms with van der Waals surface area (Å²) in [5, 5.41) is 1.80. The van der Waals surface area contributed by atoms with Crippen LogP contribution in [0.15, 0.2) is 29.2 Å². The molecule has 7 heteroatoms. The van der Waals surface area contributed by atoms with Crippen molar-refractivity contribution in [2.75, 3.05) is 6.54 Å². The Morgan fingerprint density at radius 1 is 1.26 bits per heavy atom. The van der Waals surface area contributed by atoms with E-state index in [9.17, 15) is 17.6 Å². The van der Waals surface area contributed by atoms with Gasteiger partial charge in [0.05, 0.1) is 10.1 Å². The fraction of sp³-hybridized carbons (Fsp3) is 0.562. The number of sulfone groups is 1. The lowest BCUT2D eigenvalue weighted by Crippen LogP contribution is -2.49. The van der Waals surface area contributed by atoms with Crippen LogP contribution in [0.2, 0.25) is 0 Å². The van der Waals surface area contributed by atoms with Gasteiger partial charge in [-0.3, -0.25) is 4.79 Å². The largest absolute Gasteiger partial charge is 0.354 e. The monoisotopic (exact) mass is 344 g/mol. The summed E-state index contributed by atoms with van der Waals surface area (Å²) < 4.78 is 37.6. The topological polar surface area (TPSA) is 89.3 Å². The lowest BCUT2D eigenvalue weighted by atomic mass is 9.94. The molecule has 0 bridgehead atoms. The average molecular weight is 344 g/mol. The van der Waals surface area contributed by atoms with Gasteiger partial charge in [-0.1, -0.05) is 13.8 Å². The SMILES string of the molecule is CCC(N)(CC)CNC(=O)CC(C)S(=O)(=O)c1ccc(F)cc1. The van der Waals surface area contributed by atoms with Crippen molar-refractivity contribution >= 4 is 15.7 Å². The van der Waals surface area contributed by atoms with E-state index in [4.69, 9.17) is 5.73 Å². The molecule has 0 saturated heterocycles. The Kier molecular flexibility index (Phi) is 6.70. The van der Waals surface area contributed by atoms with Crippen molar-refractivity contribution in [2.24, 2.45) is 5.73 Å². The summed E-state index contributed by atoms with van der Waals surface area (Å²) in [6.45, 7) is 5.66. The van der Waals surface area contributed by atoms with Crippen molar-refractivity contribution in [1.29, 1.82) is 0 Å². The van der Waals surface area contributed by atoms with Gasteiger partial charge in [-0.05, 0) is 44.0 Å². The molecule has 1 aromatic rings. The van der Waals surface area contributed by atoms with Crippen molar-refractivity contribution in [3.63, 3.8) is 0 Å². The first-order valence-corrected chi connectivity index (χ1v) is 9.24. The van der Waals surface area contributed by atoms with Gasteiger partial charge < -0.3 is 11.1 Å². The van der Waals surface area contributed by atoms with Crippen LogP contribution in [0.25, 0.3) is 0 Å². The van der Waals surface area contributed by atoms with Crippen molar-refractivity contribution in [1.82, 2.24) is 5.32 Å². The molecule has 1 aromatic carbocycles. The van der Waals surface area contributed by atoms with Gasteiger partial charge in [-0.25, -0.2) is 12.8 Å². The van der Waals surface area contributed by atoms with E-state index in [2.05, 4.69) is 5.32 Å². The minimum Gasteiger partial charge on any atom is -0.354 e. The summed E-state index contributed by atoms with van der Waals surface area (Å²) in [6.07, 6.45) is 1.27. The molecule has 1 rings (SSSR count). The molecule has 0 spiro atoms. The highest BCUT2D eigenvalue weighted by molar-refractivity contribution is 7.92. The van der Waals surface area contributed by atoms with E-state index in [1.807, 2.05) is 13.8 Å². The maximum atomic E-state index is 12.9. The minimum absolute atomic E-state index is 0.00879. The normalized spacial score (nSPS) is 13.6. The van der Waals surface area contributed by atoms with Crippen LogP contribution < -0.4 is 11.1 Å². The molecular weight excluding hydrogens is 319 g/mol. The van der Waals surface area contributed by atoms with Gasteiger partial charge in [0.15, 0.2) is 9.84 Å². The molecule has 3 N–H and O–H groups in total. The Morgan fingerprint density at radius 2 is 1.78 bits per heavy atom. The van der Waals surface area contributed by atoms with Gasteiger partial charge in [0.1, 0.15) is 5.82 Å². The molecule has 5 nitrogen and oxygen atoms in total. The summed E-state index contributed by atoms with van der Waals surface area (Å²) in [7, 11) is -3.67. The van der Waals surface area contributed by atoms with Crippen molar-refractivity contribution in [3.05, 3.63) is 30.1 Å². The highest BCUT2D eigenvalue weighted by Crippen LogP contribution is 2.18. The van der Waals surface area contributed by atoms with E-state index in [0.717, 1.165) is 12.1 Å². The molecule has 0 heterocycles. The van der Waals surface area contributed by atoms with Gasteiger partial charge in [0.2, 0.25) is 5.91 Å². The van der Waals surface area contributed by atoms with Crippen LogP contribution >= 0.6 is 0 Å². The molecule has 130 valence electrons. The van der Waals surface area contributed by atoms with Crippen LogP contribution in [-0.2, 0) is 14.6 Å². The summed E-state index contributed by atoms with van der Waals surface area (Å²) in [6, 6.07) is 4.59. The van der Waals surface area contributed by atoms with E-state index in [0.29, 0.717) is 19.4 Å². The predicted octanol–water partition coefficient (Wildman–Crippen LogP) is 2.01. The molecule has 1 unspecified atom stereocenters. The number of carbonyl (C=O) groups is 1. The maximum absolute atomic E-state index is 12.9. The second kappa shape index (κ2) is 7.88. The summed E-state index contributed by atoms with van der Waals surface area (Å²) in [4.78, 5) is 12.0. The van der Waals surface area contributed by atoms with E-state index in [1.54, 1.807) is 0 Å². The standard InChI is InChI=1S/C16H25FN2O3S/c1-4-16(18,5-2)11-19-15(20)10-12(3)23(21,22)14-8-6-13(17)7-9-14/h6-9,12H,4-5,10-11,18H2,1-3H3,(H,19,20). The molecule has 0 radical (unpaired) electrons. The lowest BCUT2D eigenvalue weighted by Gasteiger charge is -2.27. The molecule has 0 fully saturated rings. The van der Waals surface area contributed by atoms with Crippen LogP contribution in [0.4, 0.5) is 4.39 Å². The van der Waals surface area contributed by atoms with E-state index in [1.165, 1.54) is 19.1 Å². The third kappa shape index (κ3) is 5.28. The third-order valence-corrected chi connectivity index (χ3v) is 6.35. The van der Waals surface area contributed by atoms with Gasteiger partial charge in [-0.2, -0.15) is 0 Å². The Balaban J connectivity index is 2.69. The number of benzene rings is 1.